The van der Waals surface area contributed by atoms with E-state index < -0.39 is 23.5 Å². The molecule has 9 nitrogen and oxygen atoms in total. The Morgan fingerprint density at radius 3 is 2.63 bits per heavy atom. The Morgan fingerprint density at radius 2 is 1.97 bits per heavy atom. The number of aromatic amines is 1. The van der Waals surface area contributed by atoms with Gasteiger partial charge < -0.3 is 10.6 Å². The van der Waals surface area contributed by atoms with Gasteiger partial charge in [-0.05, 0) is 62.3 Å². The van der Waals surface area contributed by atoms with Crippen LogP contribution in [0.2, 0.25) is 5.02 Å². The molecule has 3 N–H and O–H groups in total. The largest absolute Gasteiger partial charge is 0.435 e. The van der Waals surface area contributed by atoms with Gasteiger partial charge in [-0.1, -0.05) is 11.6 Å². The molecule has 13 heteroatoms. The van der Waals surface area contributed by atoms with E-state index in [1.807, 2.05) is 0 Å². The lowest BCUT2D eigenvalue weighted by molar-refractivity contribution is -0.141. The second kappa shape index (κ2) is 8.55. The quantitative estimate of drug-likeness (QED) is 0.315. The summed E-state index contributed by atoms with van der Waals surface area (Å²) < 4.78 is 41.5. The highest BCUT2D eigenvalue weighted by molar-refractivity contribution is 6.32. The first-order valence-electron chi connectivity index (χ1n) is 12.0. The van der Waals surface area contributed by atoms with Crippen molar-refractivity contribution in [3.63, 3.8) is 0 Å². The van der Waals surface area contributed by atoms with Crippen LogP contribution >= 0.6 is 11.6 Å². The summed E-state index contributed by atoms with van der Waals surface area (Å²) in [5.41, 5.74) is -0.725. The fourth-order valence-corrected chi connectivity index (χ4v) is 5.07. The second-order valence-electron chi connectivity index (χ2n) is 9.75. The van der Waals surface area contributed by atoms with Crippen molar-refractivity contribution >= 4 is 40.0 Å². The molecule has 2 aliphatic rings. The maximum absolute atomic E-state index is 13.6. The molecule has 0 unspecified atom stereocenters. The molecule has 1 aromatic carbocycles. The van der Waals surface area contributed by atoms with Crippen molar-refractivity contribution in [3.05, 3.63) is 64.2 Å². The van der Waals surface area contributed by atoms with E-state index in [-0.39, 0.29) is 33.5 Å². The average molecular weight is 544 g/mol. The van der Waals surface area contributed by atoms with Crippen molar-refractivity contribution < 1.29 is 22.8 Å². The van der Waals surface area contributed by atoms with Gasteiger partial charge in [0.2, 0.25) is 0 Å². The zero-order valence-electron chi connectivity index (χ0n) is 20.0. The zero-order valence-corrected chi connectivity index (χ0v) is 20.7. The van der Waals surface area contributed by atoms with Gasteiger partial charge in [0.1, 0.15) is 5.69 Å². The van der Waals surface area contributed by atoms with Gasteiger partial charge in [-0.2, -0.15) is 23.4 Å². The molecule has 38 heavy (non-hydrogen) atoms. The van der Waals surface area contributed by atoms with Crippen molar-refractivity contribution in [3.8, 4) is 5.82 Å². The van der Waals surface area contributed by atoms with Crippen LogP contribution in [0.15, 0.2) is 36.7 Å². The summed E-state index contributed by atoms with van der Waals surface area (Å²) in [6, 6.07) is 5.28. The third-order valence-electron chi connectivity index (χ3n) is 7.08. The molecule has 196 valence electrons. The highest BCUT2D eigenvalue weighted by Gasteiger charge is 2.55. The molecule has 2 fully saturated rings. The Morgan fingerprint density at radius 1 is 1.21 bits per heavy atom. The van der Waals surface area contributed by atoms with Gasteiger partial charge in [-0.25, -0.2) is 9.67 Å². The van der Waals surface area contributed by atoms with Gasteiger partial charge in [-0.15, -0.1) is 0 Å². The molecule has 0 radical (unpaired) electrons. The molecule has 2 amide bonds. The molecule has 0 saturated heterocycles. The maximum atomic E-state index is 13.6. The first-order chi connectivity index (χ1) is 18.1. The topological polar surface area (TPSA) is 118 Å². The Balaban J connectivity index is 1.42. The molecule has 0 aliphatic heterocycles. The fourth-order valence-electron chi connectivity index (χ4n) is 4.87. The van der Waals surface area contributed by atoms with Gasteiger partial charge in [-0.3, -0.25) is 14.7 Å². The number of anilines is 1. The van der Waals surface area contributed by atoms with Crippen LogP contribution in [0.1, 0.15) is 57.8 Å². The Bertz CT molecular complexity index is 1600. The van der Waals surface area contributed by atoms with Crippen molar-refractivity contribution in [2.45, 2.75) is 44.3 Å². The fraction of sp³-hybridized carbons (Fsp3) is 0.320. The number of pyridine rings is 1. The van der Waals surface area contributed by atoms with E-state index in [0.29, 0.717) is 28.5 Å². The number of aryl methyl sites for hydroxylation is 1. The summed E-state index contributed by atoms with van der Waals surface area (Å²) in [4.78, 5) is 31.1. The number of hydrogen-bond acceptors (Lipinski definition) is 5. The monoisotopic (exact) mass is 543 g/mol. The van der Waals surface area contributed by atoms with E-state index in [9.17, 15) is 22.8 Å². The van der Waals surface area contributed by atoms with Crippen LogP contribution < -0.4 is 10.6 Å². The standard InChI is InChI=1S/C25H21ClF3N7O2/c1-12-9-13-11-31-34-20(13)18(23(38)33-24(6-7-24)14-4-5-14)19(12)32-22(37)16-10-17(25(27,28)29)35-36(16)21-15(26)3-2-8-30-21/h2-3,8-11,14H,4-7H2,1H3,(H,31,34)(H,32,37)(H,33,38). The summed E-state index contributed by atoms with van der Waals surface area (Å²) in [6.45, 7) is 1.70. The van der Waals surface area contributed by atoms with Crippen molar-refractivity contribution in [1.82, 2.24) is 30.3 Å². The Kier molecular flexibility index (Phi) is 5.49. The molecular weight excluding hydrogens is 523 g/mol. The van der Waals surface area contributed by atoms with Crippen molar-refractivity contribution in [2.24, 2.45) is 5.92 Å². The van der Waals surface area contributed by atoms with E-state index in [0.717, 1.165) is 30.4 Å². The number of rotatable bonds is 6. The highest BCUT2D eigenvalue weighted by Crippen LogP contribution is 2.54. The van der Waals surface area contributed by atoms with Crippen LogP contribution in [0.5, 0.6) is 0 Å². The first-order valence-corrected chi connectivity index (χ1v) is 12.3. The predicted molar refractivity (Wildman–Crippen MR) is 132 cm³/mol. The number of aromatic nitrogens is 5. The van der Waals surface area contributed by atoms with E-state index in [2.05, 4.69) is 30.9 Å². The summed E-state index contributed by atoms with van der Waals surface area (Å²) >= 11 is 6.16. The molecule has 0 bridgehead atoms. The number of halogens is 4. The van der Waals surface area contributed by atoms with Crippen LogP contribution in [0.3, 0.4) is 0 Å². The Hall–Kier alpha value is -3.93. The van der Waals surface area contributed by atoms with Gasteiger partial charge in [0.15, 0.2) is 11.5 Å². The maximum Gasteiger partial charge on any atom is 0.435 e. The molecule has 2 aliphatic carbocycles. The van der Waals surface area contributed by atoms with Crippen LogP contribution in [-0.4, -0.2) is 42.3 Å². The minimum atomic E-state index is -4.82. The van der Waals surface area contributed by atoms with Crippen molar-refractivity contribution in [2.75, 3.05) is 5.32 Å². The van der Waals surface area contributed by atoms with Gasteiger partial charge >= 0.3 is 6.18 Å². The number of nitrogens with one attached hydrogen (secondary N) is 3. The van der Waals surface area contributed by atoms with Crippen LogP contribution in [-0.2, 0) is 6.18 Å². The SMILES string of the molecule is Cc1cc2cn[nH]c2c(C(=O)NC2(C3CC3)CC2)c1NC(=O)c1cc(C(F)(F)F)nn1-c1ncccc1Cl. The third-order valence-corrected chi connectivity index (χ3v) is 7.38. The first kappa shape index (κ1) is 24.4. The van der Waals surface area contributed by atoms with Crippen LogP contribution in [0, 0.1) is 12.8 Å². The van der Waals surface area contributed by atoms with E-state index in [1.54, 1.807) is 19.2 Å². The molecule has 0 spiro atoms. The van der Waals surface area contributed by atoms with Crippen molar-refractivity contribution in [1.29, 1.82) is 0 Å². The van der Waals surface area contributed by atoms with Gasteiger partial charge in [0.05, 0.1) is 28.0 Å². The molecule has 2 saturated carbocycles. The number of fused-ring (bicyclic) bond motifs is 1. The number of carbonyl (C=O) groups is 2. The minimum Gasteiger partial charge on any atom is -0.346 e. The normalized spacial score (nSPS) is 16.4. The predicted octanol–water partition coefficient (Wildman–Crippen LogP) is 5.05. The van der Waals surface area contributed by atoms with Crippen LogP contribution in [0.25, 0.3) is 16.7 Å². The minimum absolute atomic E-state index is 0.00306. The number of nitrogens with zero attached hydrogens (tertiary/aromatic N) is 4. The number of hydrogen-bond donors (Lipinski definition) is 3. The lowest BCUT2D eigenvalue weighted by Gasteiger charge is -2.20. The Labute approximate surface area is 218 Å². The number of carbonyl (C=O) groups excluding carboxylic acids is 2. The molecule has 0 atom stereocenters. The number of H-pyrrole nitrogens is 1. The number of amides is 2. The molecule has 3 aromatic heterocycles. The average Bonchev–Trinajstić information content (AvgIpc) is 3.76. The summed E-state index contributed by atoms with van der Waals surface area (Å²) in [5, 5.41) is 16.9. The lowest BCUT2D eigenvalue weighted by atomic mass is 10.0. The van der Waals surface area contributed by atoms with Gasteiger partial charge in [0, 0.05) is 23.2 Å². The van der Waals surface area contributed by atoms with E-state index in [1.165, 1.54) is 18.3 Å². The van der Waals surface area contributed by atoms with Crippen LogP contribution in [0.4, 0.5) is 18.9 Å². The summed E-state index contributed by atoms with van der Waals surface area (Å²) in [6.07, 6.45) is 1.94. The third kappa shape index (κ3) is 4.18. The molecular formula is C25H21ClF3N7O2. The van der Waals surface area contributed by atoms with E-state index >= 15 is 0 Å². The summed E-state index contributed by atoms with van der Waals surface area (Å²) in [7, 11) is 0. The smallest absolute Gasteiger partial charge is 0.346 e. The molecule has 3 heterocycles. The molecule has 4 aromatic rings. The highest BCUT2D eigenvalue weighted by atomic mass is 35.5. The van der Waals surface area contributed by atoms with Gasteiger partial charge in [0.25, 0.3) is 11.8 Å². The number of benzene rings is 1. The number of alkyl halides is 3. The zero-order chi connectivity index (χ0) is 26.8. The lowest BCUT2D eigenvalue weighted by Crippen LogP contribution is -2.39. The second-order valence-corrected chi connectivity index (χ2v) is 10.2. The summed E-state index contributed by atoms with van der Waals surface area (Å²) in [5.74, 6) is -1.02. The van der Waals surface area contributed by atoms with E-state index in [4.69, 9.17) is 11.6 Å². The molecule has 6 rings (SSSR count).